The van der Waals surface area contributed by atoms with E-state index in [2.05, 4.69) is 0 Å². The lowest BCUT2D eigenvalue weighted by Crippen LogP contribution is -2.48. The summed E-state index contributed by atoms with van der Waals surface area (Å²) < 4.78 is 18.5. The van der Waals surface area contributed by atoms with Gasteiger partial charge in [0.1, 0.15) is 23.2 Å². The van der Waals surface area contributed by atoms with Gasteiger partial charge in [-0.1, -0.05) is 17.7 Å². The maximum atomic E-state index is 13.2. The van der Waals surface area contributed by atoms with Gasteiger partial charge in [0.2, 0.25) is 0 Å². The summed E-state index contributed by atoms with van der Waals surface area (Å²) in [6.45, 7) is 6.72. The monoisotopic (exact) mass is 315 g/mol. The number of ether oxygens (including phenoxy) is 1. The summed E-state index contributed by atoms with van der Waals surface area (Å²) in [5.74, 6) is -0.589. The molecule has 0 bridgehead atoms. The molecule has 0 aliphatic rings. The number of amides is 1. The van der Waals surface area contributed by atoms with Crippen LogP contribution in [0.1, 0.15) is 33.3 Å². The minimum atomic E-state index is -1.31. The Hall–Kier alpha value is -1.62. The first-order valence-corrected chi connectivity index (χ1v) is 6.78. The van der Waals surface area contributed by atoms with Crippen LogP contribution in [0, 0.1) is 5.82 Å². The highest BCUT2D eigenvalue weighted by Gasteiger charge is 2.37. The van der Waals surface area contributed by atoms with E-state index in [9.17, 15) is 14.0 Å². The van der Waals surface area contributed by atoms with E-state index in [4.69, 9.17) is 16.3 Å². The van der Waals surface area contributed by atoms with Gasteiger partial charge in [-0.15, -0.1) is 0 Å². The van der Waals surface area contributed by atoms with E-state index < -0.39 is 23.1 Å². The topological polar surface area (TPSA) is 46.6 Å². The Kier molecular flexibility index (Phi) is 4.99. The summed E-state index contributed by atoms with van der Waals surface area (Å²) in [7, 11) is 1.44. The van der Waals surface area contributed by atoms with Gasteiger partial charge in [0.05, 0.1) is 5.02 Å². The largest absolute Gasteiger partial charge is 0.444 e. The molecule has 6 heteroatoms. The molecule has 0 fully saturated rings. The molecule has 0 saturated heterocycles. The minimum absolute atomic E-state index is 0.113. The first kappa shape index (κ1) is 17.4. The van der Waals surface area contributed by atoms with Crippen molar-refractivity contribution in [1.29, 1.82) is 0 Å². The fourth-order valence-corrected chi connectivity index (χ4v) is 1.85. The van der Waals surface area contributed by atoms with Crippen molar-refractivity contribution in [2.45, 2.75) is 38.8 Å². The van der Waals surface area contributed by atoms with E-state index in [1.807, 2.05) is 0 Å². The molecule has 1 aromatic carbocycles. The van der Waals surface area contributed by atoms with Gasteiger partial charge >= 0.3 is 6.09 Å². The number of carbonyl (C=O) groups is 2. The maximum Gasteiger partial charge on any atom is 0.411 e. The van der Waals surface area contributed by atoms with Crippen molar-refractivity contribution in [2.24, 2.45) is 0 Å². The summed E-state index contributed by atoms with van der Waals surface area (Å²) in [6.07, 6.45) is -0.0573. The maximum absolute atomic E-state index is 13.2. The minimum Gasteiger partial charge on any atom is -0.444 e. The van der Waals surface area contributed by atoms with Crippen molar-refractivity contribution in [3.8, 4) is 0 Å². The molecule has 0 N–H and O–H groups in total. The summed E-state index contributed by atoms with van der Waals surface area (Å²) in [5, 5.41) is -0.113. The average molecular weight is 316 g/mol. The molecule has 21 heavy (non-hydrogen) atoms. The van der Waals surface area contributed by atoms with Crippen LogP contribution >= 0.6 is 11.6 Å². The summed E-state index contributed by atoms with van der Waals surface area (Å²) in [4.78, 5) is 24.8. The van der Waals surface area contributed by atoms with Gasteiger partial charge in [-0.25, -0.2) is 9.18 Å². The van der Waals surface area contributed by atoms with E-state index in [1.54, 1.807) is 20.8 Å². The standard InChI is InChI=1S/C15H19ClFNO3/c1-14(2,3)21-13(20)18(5)15(4,9-19)10-6-7-12(17)11(16)8-10/h6-9H,1-5H3. The van der Waals surface area contributed by atoms with Crippen LogP contribution in [0.2, 0.25) is 5.02 Å². The van der Waals surface area contributed by atoms with Crippen molar-refractivity contribution in [3.63, 3.8) is 0 Å². The van der Waals surface area contributed by atoms with Crippen LogP contribution in [0.5, 0.6) is 0 Å². The van der Waals surface area contributed by atoms with Crippen molar-refractivity contribution >= 4 is 24.0 Å². The highest BCUT2D eigenvalue weighted by Crippen LogP contribution is 2.29. The van der Waals surface area contributed by atoms with Crippen molar-refractivity contribution in [2.75, 3.05) is 7.05 Å². The third-order valence-electron chi connectivity index (χ3n) is 3.10. The molecule has 1 aromatic rings. The number of hydrogen-bond donors (Lipinski definition) is 0. The molecule has 0 aliphatic carbocycles. The van der Waals surface area contributed by atoms with Gasteiger partial charge in [0.15, 0.2) is 0 Å². The molecule has 1 amide bonds. The van der Waals surface area contributed by atoms with Crippen molar-refractivity contribution < 1.29 is 18.7 Å². The fraction of sp³-hybridized carbons (Fsp3) is 0.467. The zero-order valence-corrected chi connectivity index (χ0v) is 13.5. The van der Waals surface area contributed by atoms with Gasteiger partial charge in [0.25, 0.3) is 0 Å². The SMILES string of the molecule is CN(C(=O)OC(C)(C)C)C(C)(C=O)c1ccc(F)c(Cl)c1. The molecule has 0 radical (unpaired) electrons. The quantitative estimate of drug-likeness (QED) is 0.798. The molecule has 1 unspecified atom stereocenters. The normalized spacial score (nSPS) is 14.2. The average Bonchev–Trinajstić information content (AvgIpc) is 2.38. The third-order valence-corrected chi connectivity index (χ3v) is 3.39. The van der Waals surface area contributed by atoms with Gasteiger partial charge in [-0.2, -0.15) is 0 Å². The molecule has 1 rings (SSSR count). The number of hydrogen-bond acceptors (Lipinski definition) is 3. The van der Waals surface area contributed by atoms with E-state index in [1.165, 1.54) is 26.1 Å². The van der Waals surface area contributed by atoms with Gasteiger partial charge in [0, 0.05) is 7.05 Å². The van der Waals surface area contributed by atoms with Crippen LogP contribution in [0.4, 0.5) is 9.18 Å². The molecule has 0 saturated carbocycles. The number of likely N-dealkylation sites (N-methyl/N-ethyl adjacent to an activating group) is 1. The Morgan fingerprint density at radius 3 is 2.33 bits per heavy atom. The first-order chi connectivity index (χ1) is 9.51. The van der Waals surface area contributed by atoms with Crippen LogP contribution in [0.15, 0.2) is 18.2 Å². The number of aldehydes is 1. The summed E-state index contributed by atoms with van der Waals surface area (Å²) >= 11 is 5.74. The zero-order valence-electron chi connectivity index (χ0n) is 12.7. The number of rotatable bonds is 3. The molecule has 0 spiro atoms. The molecule has 4 nitrogen and oxygen atoms in total. The van der Waals surface area contributed by atoms with E-state index in [-0.39, 0.29) is 5.02 Å². The zero-order chi connectivity index (χ0) is 16.4. The second-order valence-electron chi connectivity index (χ2n) is 5.93. The summed E-state index contributed by atoms with van der Waals surface area (Å²) in [6, 6.07) is 3.89. The van der Waals surface area contributed by atoms with Crippen molar-refractivity contribution in [3.05, 3.63) is 34.6 Å². The Morgan fingerprint density at radius 1 is 1.33 bits per heavy atom. The fourth-order valence-electron chi connectivity index (χ4n) is 1.67. The van der Waals surface area contributed by atoms with Gasteiger partial charge < -0.3 is 9.53 Å². The second kappa shape index (κ2) is 6.02. The lowest BCUT2D eigenvalue weighted by atomic mass is 9.92. The summed E-state index contributed by atoms with van der Waals surface area (Å²) in [5.41, 5.74) is -1.59. The number of halogens is 2. The predicted molar refractivity (Wildman–Crippen MR) is 78.8 cm³/mol. The van der Waals surface area contributed by atoms with Crippen molar-refractivity contribution in [1.82, 2.24) is 4.90 Å². The van der Waals surface area contributed by atoms with Crippen LogP contribution in [-0.4, -0.2) is 29.9 Å². The molecular formula is C15H19ClFNO3. The second-order valence-corrected chi connectivity index (χ2v) is 6.34. The Bertz CT molecular complexity index is 556. The molecule has 0 heterocycles. The lowest BCUT2D eigenvalue weighted by molar-refractivity contribution is -0.117. The molecular weight excluding hydrogens is 297 g/mol. The number of nitrogens with zero attached hydrogens (tertiary/aromatic N) is 1. The lowest BCUT2D eigenvalue weighted by Gasteiger charge is -2.35. The third kappa shape index (κ3) is 3.94. The Labute approximate surface area is 128 Å². The first-order valence-electron chi connectivity index (χ1n) is 6.40. The molecule has 1 atom stereocenters. The molecule has 0 aliphatic heterocycles. The van der Waals surface area contributed by atoms with E-state index >= 15 is 0 Å². The number of carbonyl (C=O) groups excluding carboxylic acids is 2. The highest BCUT2D eigenvalue weighted by atomic mass is 35.5. The Morgan fingerprint density at radius 2 is 1.90 bits per heavy atom. The predicted octanol–water partition coefficient (Wildman–Crippen LogP) is 3.76. The van der Waals surface area contributed by atoms with Crippen LogP contribution in [0.25, 0.3) is 0 Å². The van der Waals surface area contributed by atoms with Gasteiger partial charge in [-0.3, -0.25) is 4.90 Å². The van der Waals surface area contributed by atoms with Crippen LogP contribution in [0.3, 0.4) is 0 Å². The van der Waals surface area contributed by atoms with Gasteiger partial charge in [-0.05, 0) is 45.4 Å². The Balaban J connectivity index is 3.16. The molecule has 0 aromatic heterocycles. The number of benzene rings is 1. The highest BCUT2D eigenvalue weighted by molar-refractivity contribution is 6.30. The molecule has 116 valence electrons. The smallest absolute Gasteiger partial charge is 0.411 e. The van der Waals surface area contributed by atoms with Crippen LogP contribution in [-0.2, 0) is 15.1 Å². The van der Waals surface area contributed by atoms with E-state index in [0.29, 0.717) is 11.8 Å². The van der Waals surface area contributed by atoms with Crippen LogP contribution < -0.4 is 0 Å². The van der Waals surface area contributed by atoms with E-state index in [0.717, 1.165) is 11.0 Å².